The summed E-state index contributed by atoms with van der Waals surface area (Å²) in [5, 5.41) is 3.29. The van der Waals surface area contributed by atoms with E-state index in [1.165, 1.54) is 0 Å². The van der Waals surface area contributed by atoms with Crippen LogP contribution in [0.5, 0.6) is 0 Å². The number of hydrogen-bond donors (Lipinski definition) is 1. The fourth-order valence-electron chi connectivity index (χ4n) is 2.78. The van der Waals surface area contributed by atoms with Crippen molar-refractivity contribution >= 4 is 5.91 Å². The summed E-state index contributed by atoms with van der Waals surface area (Å²) in [6, 6.07) is 0.601. The van der Waals surface area contributed by atoms with E-state index in [2.05, 4.69) is 24.1 Å². The number of piperazine rings is 1. The van der Waals surface area contributed by atoms with Gasteiger partial charge in [0.05, 0.1) is 6.04 Å². The van der Waals surface area contributed by atoms with Gasteiger partial charge in [0.2, 0.25) is 5.91 Å². The Morgan fingerprint density at radius 1 is 1.44 bits per heavy atom. The second kappa shape index (κ2) is 5.15. The third-order valence-corrected chi connectivity index (χ3v) is 3.84. The molecule has 0 bridgehead atoms. The average molecular weight is 225 g/mol. The van der Waals surface area contributed by atoms with Crippen molar-refractivity contribution in [2.75, 3.05) is 32.7 Å². The lowest BCUT2D eigenvalue weighted by atomic mass is 10.1. The van der Waals surface area contributed by atoms with Gasteiger partial charge in [-0.05, 0) is 32.9 Å². The van der Waals surface area contributed by atoms with Gasteiger partial charge in [0.25, 0.3) is 0 Å². The zero-order valence-corrected chi connectivity index (χ0v) is 10.4. The van der Waals surface area contributed by atoms with E-state index >= 15 is 0 Å². The third kappa shape index (κ3) is 2.38. The standard InChI is InChI=1S/C12H23N3O/c1-3-14-7-8-15(9-10(14)2)12(16)11-5-4-6-13-11/h10-11,13H,3-9H2,1-2H3/t10?,11-/m0/s1. The molecule has 0 radical (unpaired) electrons. The highest BCUT2D eigenvalue weighted by atomic mass is 16.2. The molecule has 2 fully saturated rings. The number of rotatable bonds is 2. The van der Waals surface area contributed by atoms with Crippen LogP contribution in [0.15, 0.2) is 0 Å². The van der Waals surface area contributed by atoms with Crippen LogP contribution in [0, 0.1) is 0 Å². The fraction of sp³-hybridized carbons (Fsp3) is 0.917. The van der Waals surface area contributed by atoms with Crippen LogP contribution in [0.25, 0.3) is 0 Å². The van der Waals surface area contributed by atoms with Crippen molar-refractivity contribution in [1.82, 2.24) is 15.1 Å². The number of carbonyl (C=O) groups is 1. The van der Waals surface area contributed by atoms with Gasteiger partial charge in [0.1, 0.15) is 0 Å². The first kappa shape index (κ1) is 11.9. The molecule has 0 aromatic rings. The number of likely N-dealkylation sites (N-methyl/N-ethyl adjacent to an activating group) is 1. The van der Waals surface area contributed by atoms with Gasteiger partial charge in [-0.25, -0.2) is 0 Å². The van der Waals surface area contributed by atoms with Gasteiger partial charge in [-0.1, -0.05) is 6.92 Å². The molecule has 0 spiro atoms. The predicted molar refractivity (Wildman–Crippen MR) is 64.3 cm³/mol. The second-order valence-electron chi connectivity index (χ2n) is 4.91. The lowest BCUT2D eigenvalue weighted by molar-refractivity contribution is -0.135. The summed E-state index contributed by atoms with van der Waals surface area (Å²) in [4.78, 5) is 16.7. The van der Waals surface area contributed by atoms with Crippen LogP contribution in [0.4, 0.5) is 0 Å². The van der Waals surface area contributed by atoms with Crippen LogP contribution >= 0.6 is 0 Å². The summed E-state index contributed by atoms with van der Waals surface area (Å²) in [6.07, 6.45) is 2.15. The lowest BCUT2D eigenvalue weighted by Crippen LogP contribution is -2.56. The minimum Gasteiger partial charge on any atom is -0.339 e. The molecule has 0 aromatic heterocycles. The topological polar surface area (TPSA) is 35.6 Å². The van der Waals surface area contributed by atoms with Crippen molar-refractivity contribution in [1.29, 1.82) is 0 Å². The fourth-order valence-corrected chi connectivity index (χ4v) is 2.78. The highest BCUT2D eigenvalue weighted by Crippen LogP contribution is 2.13. The van der Waals surface area contributed by atoms with Crippen LogP contribution in [0.3, 0.4) is 0 Å². The Balaban J connectivity index is 1.88. The maximum Gasteiger partial charge on any atom is 0.239 e. The smallest absolute Gasteiger partial charge is 0.239 e. The van der Waals surface area contributed by atoms with Crippen molar-refractivity contribution in [2.45, 2.75) is 38.8 Å². The van der Waals surface area contributed by atoms with Gasteiger partial charge in [-0.15, -0.1) is 0 Å². The van der Waals surface area contributed by atoms with E-state index in [1.54, 1.807) is 0 Å². The summed E-state index contributed by atoms with van der Waals surface area (Å²) in [5.41, 5.74) is 0. The minimum absolute atomic E-state index is 0.0976. The van der Waals surface area contributed by atoms with E-state index in [0.717, 1.165) is 45.6 Å². The third-order valence-electron chi connectivity index (χ3n) is 3.84. The number of amides is 1. The van der Waals surface area contributed by atoms with Crippen LogP contribution in [-0.2, 0) is 4.79 Å². The Bertz CT molecular complexity index is 251. The summed E-state index contributed by atoms with van der Waals surface area (Å²) in [5.74, 6) is 0.320. The molecule has 2 aliphatic heterocycles. The number of hydrogen-bond acceptors (Lipinski definition) is 3. The van der Waals surface area contributed by atoms with Gasteiger partial charge >= 0.3 is 0 Å². The van der Waals surface area contributed by atoms with E-state index < -0.39 is 0 Å². The number of nitrogens with one attached hydrogen (secondary N) is 1. The first-order valence-corrected chi connectivity index (χ1v) is 6.48. The van der Waals surface area contributed by atoms with Gasteiger partial charge in [0, 0.05) is 25.7 Å². The van der Waals surface area contributed by atoms with E-state index in [0.29, 0.717) is 11.9 Å². The summed E-state index contributed by atoms with van der Waals surface area (Å²) >= 11 is 0. The highest BCUT2D eigenvalue weighted by molar-refractivity contribution is 5.82. The van der Waals surface area contributed by atoms with E-state index in [1.807, 2.05) is 4.90 Å². The average Bonchev–Trinajstić information content (AvgIpc) is 2.81. The molecule has 1 unspecified atom stereocenters. The minimum atomic E-state index is 0.0976. The Morgan fingerprint density at radius 2 is 2.25 bits per heavy atom. The summed E-state index contributed by atoms with van der Waals surface area (Å²) < 4.78 is 0. The number of nitrogens with zero attached hydrogens (tertiary/aromatic N) is 2. The zero-order chi connectivity index (χ0) is 11.5. The maximum absolute atomic E-state index is 12.2. The normalized spacial score (nSPS) is 32.0. The molecular weight excluding hydrogens is 202 g/mol. The van der Waals surface area contributed by atoms with Crippen molar-refractivity contribution in [3.05, 3.63) is 0 Å². The Kier molecular flexibility index (Phi) is 3.82. The number of carbonyl (C=O) groups excluding carboxylic acids is 1. The highest BCUT2D eigenvalue weighted by Gasteiger charge is 2.31. The molecule has 0 aliphatic carbocycles. The van der Waals surface area contributed by atoms with Crippen molar-refractivity contribution < 1.29 is 4.79 Å². The van der Waals surface area contributed by atoms with Crippen LogP contribution < -0.4 is 5.32 Å². The first-order chi connectivity index (χ1) is 7.72. The quantitative estimate of drug-likeness (QED) is 0.734. The molecule has 92 valence electrons. The molecule has 1 N–H and O–H groups in total. The summed E-state index contributed by atoms with van der Waals surface area (Å²) in [7, 11) is 0. The SMILES string of the molecule is CCN1CCN(C(=O)[C@@H]2CCCN2)CC1C. The van der Waals surface area contributed by atoms with Crippen LogP contribution in [0.1, 0.15) is 26.7 Å². The molecule has 1 amide bonds. The monoisotopic (exact) mass is 225 g/mol. The van der Waals surface area contributed by atoms with E-state index in [4.69, 9.17) is 0 Å². The molecule has 2 saturated heterocycles. The Hall–Kier alpha value is -0.610. The van der Waals surface area contributed by atoms with Gasteiger partial charge < -0.3 is 10.2 Å². The predicted octanol–water partition coefficient (Wildman–Crippen LogP) is 0.291. The van der Waals surface area contributed by atoms with E-state index in [-0.39, 0.29) is 6.04 Å². The van der Waals surface area contributed by atoms with Gasteiger partial charge in [-0.2, -0.15) is 0 Å². The lowest BCUT2D eigenvalue weighted by Gasteiger charge is -2.40. The van der Waals surface area contributed by atoms with Gasteiger partial charge in [0.15, 0.2) is 0 Å². The first-order valence-electron chi connectivity index (χ1n) is 6.48. The van der Waals surface area contributed by atoms with Crippen molar-refractivity contribution in [3.8, 4) is 0 Å². The van der Waals surface area contributed by atoms with Crippen LogP contribution in [-0.4, -0.2) is 60.5 Å². The largest absolute Gasteiger partial charge is 0.339 e. The molecule has 4 nitrogen and oxygen atoms in total. The van der Waals surface area contributed by atoms with Crippen LogP contribution in [0.2, 0.25) is 0 Å². The molecule has 16 heavy (non-hydrogen) atoms. The summed E-state index contributed by atoms with van der Waals surface area (Å²) in [6.45, 7) is 9.31. The molecule has 0 saturated carbocycles. The van der Waals surface area contributed by atoms with E-state index in [9.17, 15) is 4.79 Å². The molecule has 0 aromatic carbocycles. The zero-order valence-electron chi connectivity index (χ0n) is 10.4. The van der Waals surface area contributed by atoms with Gasteiger partial charge in [-0.3, -0.25) is 9.69 Å². The molecular formula is C12H23N3O. The molecule has 4 heteroatoms. The molecule has 2 heterocycles. The molecule has 2 aliphatic rings. The van der Waals surface area contributed by atoms with Crippen molar-refractivity contribution in [3.63, 3.8) is 0 Å². The Labute approximate surface area is 98.0 Å². The maximum atomic E-state index is 12.2. The molecule has 2 atom stereocenters. The molecule has 2 rings (SSSR count). The van der Waals surface area contributed by atoms with Crippen molar-refractivity contribution in [2.24, 2.45) is 0 Å². The Morgan fingerprint density at radius 3 is 2.81 bits per heavy atom. The second-order valence-corrected chi connectivity index (χ2v) is 4.91.